The fraction of sp³-hybridized carbons (Fsp3) is 0.278. The second kappa shape index (κ2) is 8.05. The van der Waals surface area contributed by atoms with E-state index in [1.165, 1.54) is 14.2 Å². The van der Waals surface area contributed by atoms with Crippen molar-refractivity contribution < 1.29 is 41.4 Å². The van der Waals surface area contributed by atoms with Crippen LogP contribution in [0.2, 0.25) is 0 Å². The summed E-state index contributed by atoms with van der Waals surface area (Å²) < 4.78 is 67.2. The minimum absolute atomic E-state index is 0.0126. The lowest BCUT2D eigenvalue weighted by molar-refractivity contribution is -0.137. The molecule has 1 saturated heterocycles. The van der Waals surface area contributed by atoms with Gasteiger partial charge in [-0.05, 0) is 6.07 Å². The fourth-order valence-corrected chi connectivity index (χ4v) is 2.56. The molecular formula is C18H15F4N3O5. The zero-order valence-corrected chi connectivity index (χ0v) is 15.6. The van der Waals surface area contributed by atoms with Crippen LogP contribution in [-0.4, -0.2) is 48.7 Å². The number of alkyl halides is 3. The van der Waals surface area contributed by atoms with E-state index in [1.807, 2.05) is 0 Å². The first-order valence-corrected chi connectivity index (χ1v) is 8.39. The van der Waals surface area contributed by atoms with Crippen molar-refractivity contribution in [2.24, 2.45) is 0 Å². The van der Waals surface area contributed by atoms with Crippen LogP contribution in [0.5, 0.6) is 17.4 Å². The number of carbonyl (C=O) groups is 2. The lowest BCUT2D eigenvalue weighted by Crippen LogP contribution is -2.40. The molecule has 30 heavy (non-hydrogen) atoms. The molecule has 0 aliphatic carbocycles. The lowest BCUT2D eigenvalue weighted by atomic mass is 10.2. The van der Waals surface area contributed by atoms with Crippen LogP contribution in [0, 0.1) is 5.82 Å². The number of hydrogen-bond acceptors (Lipinski definition) is 6. The fourth-order valence-electron chi connectivity index (χ4n) is 2.56. The van der Waals surface area contributed by atoms with Gasteiger partial charge in [0.15, 0.2) is 11.6 Å². The summed E-state index contributed by atoms with van der Waals surface area (Å²) in [7, 11) is 2.63. The number of aromatic nitrogens is 1. The highest BCUT2D eigenvalue weighted by Gasteiger charge is 2.35. The molecule has 1 aromatic carbocycles. The van der Waals surface area contributed by atoms with Crippen molar-refractivity contribution in [3.05, 3.63) is 41.8 Å². The Morgan fingerprint density at radius 2 is 2.03 bits per heavy atom. The largest absolute Gasteiger partial charge is 0.494 e. The van der Waals surface area contributed by atoms with Gasteiger partial charge in [0.25, 0.3) is 5.91 Å². The first-order valence-electron chi connectivity index (χ1n) is 8.39. The first kappa shape index (κ1) is 21.1. The number of nitrogens with zero attached hydrogens (tertiary/aromatic N) is 2. The van der Waals surface area contributed by atoms with Crippen molar-refractivity contribution in [2.75, 3.05) is 26.1 Å². The van der Waals surface area contributed by atoms with E-state index in [1.54, 1.807) is 0 Å². The lowest BCUT2D eigenvalue weighted by Gasteiger charge is -2.18. The van der Waals surface area contributed by atoms with Crippen LogP contribution in [0.15, 0.2) is 30.5 Å². The van der Waals surface area contributed by atoms with Gasteiger partial charge in [-0.15, -0.1) is 0 Å². The van der Waals surface area contributed by atoms with Crippen molar-refractivity contribution in [3.63, 3.8) is 0 Å². The van der Waals surface area contributed by atoms with Crippen LogP contribution < -0.4 is 14.8 Å². The first-order chi connectivity index (χ1) is 14.1. The number of ether oxygens (including phenoxy) is 3. The molecule has 12 heteroatoms. The molecule has 1 aliphatic heterocycles. The smallest absolute Gasteiger partial charge is 0.417 e. The van der Waals surface area contributed by atoms with E-state index in [2.05, 4.69) is 10.3 Å². The number of cyclic esters (lactones) is 1. The zero-order valence-electron chi connectivity index (χ0n) is 15.6. The number of likely N-dealkylation sites (N-methyl/N-ethyl adjacent to an activating group) is 1. The molecule has 8 nitrogen and oxygen atoms in total. The molecule has 0 spiro atoms. The molecule has 3 rings (SSSR count). The Bertz CT molecular complexity index is 966. The number of rotatable bonds is 5. The highest BCUT2D eigenvalue weighted by Crippen LogP contribution is 2.35. The number of anilines is 1. The topological polar surface area (TPSA) is 90.0 Å². The summed E-state index contributed by atoms with van der Waals surface area (Å²) in [4.78, 5) is 28.4. The highest BCUT2D eigenvalue weighted by atomic mass is 19.4. The van der Waals surface area contributed by atoms with Crippen molar-refractivity contribution in [1.82, 2.24) is 9.88 Å². The molecule has 160 valence electrons. The quantitative estimate of drug-likeness (QED) is 0.733. The van der Waals surface area contributed by atoms with E-state index in [0.717, 1.165) is 29.2 Å². The number of pyridine rings is 1. The van der Waals surface area contributed by atoms with E-state index in [0.29, 0.717) is 6.20 Å². The summed E-state index contributed by atoms with van der Waals surface area (Å²) in [5, 5.41) is 2.48. The number of methoxy groups -OCH3 is 1. The molecule has 1 fully saturated rings. The van der Waals surface area contributed by atoms with Crippen molar-refractivity contribution >= 4 is 17.7 Å². The van der Waals surface area contributed by atoms with Gasteiger partial charge in [0, 0.05) is 31.4 Å². The summed E-state index contributed by atoms with van der Waals surface area (Å²) in [5.74, 6) is -2.26. The van der Waals surface area contributed by atoms with Gasteiger partial charge in [-0.2, -0.15) is 13.2 Å². The van der Waals surface area contributed by atoms with E-state index in [4.69, 9.17) is 14.2 Å². The SMILES string of the molecule is COc1cc(F)c(Oc2ccc(C(F)(F)F)cn2)cc1NC(=O)[C@H]1COC(=O)N1C. The van der Waals surface area contributed by atoms with Gasteiger partial charge < -0.3 is 19.5 Å². The Hall–Kier alpha value is -3.57. The summed E-state index contributed by atoms with van der Waals surface area (Å²) in [6.45, 7) is -0.163. The van der Waals surface area contributed by atoms with E-state index in [9.17, 15) is 27.2 Å². The maximum atomic E-state index is 14.3. The van der Waals surface area contributed by atoms with E-state index in [-0.39, 0.29) is 23.9 Å². The molecule has 2 amide bonds. The van der Waals surface area contributed by atoms with Crippen LogP contribution >= 0.6 is 0 Å². The summed E-state index contributed by atoms with van der Waals surface area (Å²) >= 11 is 0. The van der Waals surface area contributed by atoms with Gasteiger partial charge in [0.1, 0.15) is 18.4 Å². The molecule has 1 N–H and O–H groups in total. The third-order valence-corrected chi connectivity index (χ3v) is 4.21. The third kappa shape index (κ3) is 4.36. The molecule has 0 radical (unpaired) electrons. The molecule has 0 saturated carbocycles. The number of amides is 2. The van der Waals surface area contributed by atoms with Crippen molar-refractivity contribution in [3.8, 4) is 17.4 Å². The maximum absolute atomic E-state index is 14.3. The second-order valence-corrected chi connectivity index (χ2v) is 6.16. The van der Waals surface area contributed by atoms with Crippen LogP contribution in [0.25, 0.3) is 0 Å². The number of carbonyl (C=O) groups excluding carboxylic acids is 2. The standard InChI is InChI=1S/C18H15F4N3O5/c1-25-12(8-29-17(25)27)16(26)24-11-6-13(10(19)5-14(11)28-2)30-15-4-3-9(7-23-15)18(20,21)22/h3-7,12H,8H2,1-2H3,(H,24,26)/t12-/m1/s1. The Morgan fingerprint density at radius 3 is 2.57 bits per heavy atom. The summed E-state index contributed by atoms with van der Waals surface area (Å²) in [5.41, 5.74) is -0.978. The normalized spacial score (nSPS) is 16.3. The third-order valence-electron chi connectivity index (χ3n) is 4.21. The number of hydrogen-bond donors (Lipinski definition) is 1. The molecule has 0 bridgehead atoms. The van der Waals surface area contributed by atoms with Gasteiger partial charge in [0.2, 0.25) is 5.88 Å². The minimum atomic E-state index is -4.58. The minimum Gasteiger partial charge on any atom is -0.494 e. The Kier molecular flexibility index (Phi) is 5.67. The van der Waals surface area contributed by atoms with E-state index >= 15 is 0 Å². The van der Waals surface area contributed by atoms with Crippen LogP contribution in [-0.2, 0) is 15.7 Å². The maximum Gasteiger partial charge on any atom is 0.417 e. The van der Waals surface area contributed by atoms with Gasteiger partial charge in [0.05, 0.1) is 18.4 Å². The van der Waals surface area contributed by atoms with Gasteiger partial charge in [-0.25, -0.2) is 14.2 Å². The Morgan fingerprint density at radius 1 is 1.30 bits per heavy atom. The van der Waals surface area contributed by atoms with Gasteiger partial charge >= 0.3 is 12.3 Å². The molecular weight excluding hydrogens is 414 g/mol. The van der Waals surface area contributed by atoms with Crippen molar-refractivity contribution in [1.29, 1.82) is 0 Å². The average Bonchev–Trinajstić information content (AvgIpc) is 3.02. The van der Waals surface area contributed by atoms with Crippen LogP contribution in [0.1, 0.15) is 5.56 Å². The monoisotopic (exact) mass is 429 g/mol. The Balaban J connectivity index is 1.82. The van der Waals surface area contributed by atoms with Gasteiger partial charge in [-0.1, -0.05) is 0 Å². The number of halogens is 4. The van der Waals surface area contributed by atoms with E-state index < -0.39 is 41.3 Å². The molecule has 1 aliphatic rings. The molecule has 1 aromatic heterocycles. The van der Waals surface area contributed by atoms with Crippen LogP contribution in [0.4, 0.5) is 28.0 Å². The zero-order chi connectivity index (χ0) is 22.1. The highest BCUT2D eigenvalue weighted by molar-refractivity contribution is 5.98. The second-order valence-electron chi connectivity index (χ2n) is 6.16. The predicted octanol–water partition coefficient (Wildman–Crippen LogP) is 3.43. The molecule has 0 unspecified atom stereocenters. The molecule has 2 heterocycles. The van der Waals surface area contributed by atoms with Crippen LogP contribution in [0.3, 0.4) is 0 Å². The molecule has 2 aromatic rings. The average molecular weight is 429 g/mol. The van der Waals surface area contributed by atoms with Crippen molar-refractivity contribution in [2.45, 2.75) is 12.2 Å². The van der Waals surface area contributed by atoms with Gasteiger partial charge in [-0.3, -0.25) is 9.69 Å². The molecule has 1 atom stereocenters. The Labute approximate surface area is 167 Å². The number of benzene rings is 1. The summed E-state index contributed by atoms with van der Waals surface area (Å²) in [6, 6.07) is 2.77. The summed E-state index contributed by atoms with van der Waals surface area (Å²) in [6.07, 6.45) is -4.70. The number of nitrogens with one attached hydrogen (secondary N) is 1. The predicted molar refractivity (Wildman–Crippen MR) is 93.8 cm³/mol.